The Morgan fingerprint density at radius 3 is 1.15 bits per heavy atom. The number of phosphoric ester groups is 1. The highest BCUT2D eigenvalue weighted by Gasteiger charge is 2.23. The molecule has 1 unspecified atom stereocenters. The van der Waals surface area contributed by atoms with Gasteiger partial charge < -0.3 is 19.3 Å². The summed E-state index contributed by atoms with van der Waals surface area (Å²) in [7, 11) is -4.75. The number of carbonyl (C=O) groups excluding carboxylic acids is 2. The average molecular weight is 803 g/mol. The molecule has 0 aliphatic rings. The number of unbranched alkanes of at least 4 members (excludes halogenated alkanes) is 28. The van der Waals surface area contributed by atoms with Crippen LogP contribution >= 0.6 is 7.82 Å². The zero-order valence-corrected chi connectivity index (χ0v) is 37.6. The van der Waals surface area contributed by atoms with Crippen LogP contribution in [0.3, 0.4) is 0 Å². The second-order valence-electron chi connectivity index (χ2n) is 17.2. The van der Waals surface area contributed by atoms with Gasteiger partial charge in [-0.3, -0.25) is 14.1 Å². The van der Waals surface area contributed by atoms with Gasteiger partial charge in [0.05, 0.1) is 6.61 Å². The van der Waals surface area contributed by atoms with E-state index in [0.29, 0.717) is 6.42 Å². The Morgan fingerprint density at radius 1 is 0.473 bits per heavy atom. The molecule has 0 radical (unpaired) electrons. The van der Waals surface area contributed by atoms with Crippen LogP contribution in [-0.2, 0) is 28.2 Å². The van der Waals surface area contributed by atoms with Gasteiger partial charge in [0, 0.05) is 12.8 Å². The summed E-state index contributed by atoms with van der Waals surface area (Å²) < 4.78 is 26.5. The van der Waals surface area contributed by atoms with Crippen molar-refractivity contribution in [3.8, 4) is 0 Å². The first-order chi connectivity index (χ1) is 26.5. The van der Waals surface area contributed by atoms with Crippen LogP contribution in [0.25, 0.3) is 0 Å². The van der Waals surface area contributed by atoms with Crippen molar-refractivity contribution in [3.05, 3.63) is 0 Å². The Bertz CT molecular complexity index is 891. The minimum Gasteiger partial charge on any atom is -0.462 e. The van der Waals surface area contributed by atoms with Crippen molar-refractivity contribution in [2.75, 3.05) is 13.2 Å². The average Bonchev–Trinajstić information content (AvgIpc) is 3.14. The fourth-order valence-electron chi connectivity index (χ4n) is 7.18. The number of rotatable bonds is 43. The first kappa shape index (κ1) is 54.0. The standard InChI is InChI=1S/C46H91O8P/c1-5-43(4)37-33-29-25-21-17-13-10-11-14-18-22-26-30-34-38-45(47)52-40-44(41-53-55(49,50)51)54-46(48)39-35-31-27-23-19-15-9-7-6-8-12-16-20-24-28-32-36-42(2)3/h42-44H,5-41H2,1-4H3,(H2,49,50,51)/t43?,44-/m1/s1. The van der Waals surface area contributed by atoms with Crippen LogP contribution in [0.15, 0.2) is 0 Å². The van der Waals surface area contributed by atoms with Gasteiger partial charge >= 0.3 is 19.8 Å². The number of phosphoric acid groups is 1. The Kier molecular flexibility index (Phi) is 39.2. The highest BCUT2D eigenvalue weighted by atomic mass is 31.2. The van der Waals surface area contributed by atoms with E-state index in [0.717, 1.165) is 43.9 Å². The van der Waals surface area contributed by atoms with Crippen molar-refractivity contribution in [2.45, 2.75) is 259 Å². The quantitative estimate of drug-likeness (QED) is 0.0355. The van der Waals surface area contributed by atoms with E-state index >= 15 is 0 Å². The summed E-state index contributed by atoms with van der Waals surface area (Å²) in [6.07, 6.45) is 41.1. The summed E-state index contributed by atoms with van der Waals surface area (Å²) in [4.78, 5) is 43.0. The molecule has 0 bridgehead atoms. The second kappa shape index (κ2) is 39.9. The topological polar surface area (TPSA) is 119 Å². The monoisotopic (exact) mass is 803 g/mol. The minimum atomic E-state index is -4.75. The molecule has 0 heterocycles. The van der Waals surface area contributed by atoms with Gasteiger partial charge in [-0.25, -0.2) is 4.57 Å². The van der Waals surface area contributed by atoms with Gasteiger partial charge in [-0.2, -0.15) is 0 Å². The maximum Gasteiger partial charge on any atom is 0.469 e. The fraction of sp³-hybridized carbons (Fsp3) is 0.957. The molecule has 0 aliphatic carbocycles. The van der Waals surface area contributed by atoms with Crippen LogP contribution in [0.5, 0.6) is 0 Å². The summed E-state index contributed by atoms with van der Waals surface area (Å²) in [6, 6.07) is 0. The highest BCUT2D eigenvalue weighted by molar-refractivity contribution is 7.46. The lowest BCUT2D eigenvalue weighted by Crippen LogP contribution is -2.29. The first-order valence-electron chi connectivity index (χ1n) is 23.6. The van der Waals surface area contributed by atoms with E-state index in [1.807, 2.05) is 0 Å². The van der Waals surface area contributed by atoms with E-state index in [9.17, 15) is 14.2 Å². The lowest BCUT2D eigenvalue weighted by atomic mass is 9.99. The smallest absolute Gasteiger partial charge is 0.462 e. The van der Waals surface area contributed by atoms with Gasteiger partial charge in [0.15, 0.2) is 6.10 Å². The third-order valence-corrected chi connectivity index (χ3v) is 11.6. The maximum atomic E-state index is 12.4. The molecular formula is C46H91O8P. The molecule has 0 saturated carbocycles. The van der Waals surface area contributed by atoms with Gasteiger partial charge in [-0.05, 0) is 24.7 Å². The van der Waals surface area contributed by atoms with Crippen LogP contribution in [0.4, 0.5) is 0 Å². The van der Waals surface area contributed by atoms with Gasteiger partial charge in [0.1, 0.15) is 6.61 Å². The summed E-state index contributed by atoms with van der Waals surface area (Å²) in [6.45, 7) is 8.46. The molecule has 55 heavy (non-hydrogen) atoms. The molecule has 0 spiro atoms. The van der Waals surface area contributed by atoms with E-state index in [1.54, 1.807) is 0 Å². The molecule has 328 valence electrons. The summed E-state index contributed by atoms with van der Waals surface area (Å²) in [5, 5.41) is 0. The van der Waals surface area contributed by atoms with E-state index in [-0.39, 0.29) is 19.4 Å². The second-order valence-corrected chi connectivity index (χ2v) is 18.4. The van der Waals surface area contributed by atoms with Crippen LogP contribution in [-0.4, -0.2) is 41.0 Å². The highest BCUT2D eigenvalue weighted by Crippen LogP contribution is 2.36. The zero-order valence-electron chi connectivity index (χ0n) is 36.7. The minimum absolute atomic E-state index is 0.219. The summed E-state index contributed by atoms with van der Waals surface area (Å²) >= 11 is 0. The van der Waals surface area contributed by atoms with Gasteiger partial charge in [0.25, 0.3) is 0 Å². The Hall–Kier alpha value is -0.950. The normalized spacial score (nSPS) is 13.0. The van der Waals surface area contributed by atoms with Crippen molar-refractivity contribution in [2.24, 2.45) is 11.8 Å². The van der Waals surface area contributed by atoms with Gasteiger partial charge in [-0.15, -0.1) is 0 Å². The van der Waals surface area contributed by atoms with E-state index < -0.39 is 32.5 Å². The molecule has 0 aromatic carbocycles. The van der Waals surface area contributed by atoms with Crippen LogP contribution < -0.4 is 0 Å². The Morgan fingerprint density at radius 2 is 0.800 bits per heavy atom. The van der Waals surface area contributed by atoms with E-state index in [4.69, 9.17) is 19.3 Å². The predicted octanol–water partition coefficient (Wildman–Crippen LogP) is 14.5. The molecular weight excluding hydrogens is 711 g/mol. The lowest BCUT2D eigenvalue weighted by Gasteiger charge is -2.18. The SMILES string of the molecule is CCC(C)CCCCCCCCCCCCCCCCC(=O)OC[C@H](COP(=O)(O)O)OC(=O)CCCCCCCCCCCCCCCCCCC(C)C. The molecule has 2 N–H and O–H groups in total. The van der Waals surface area contributed by atoms with Crippen LogP contribution in [0.2, 0.25) is 0 Å². The van der Waals surface area contributed by atoms with Gasteiger partial charge in [-0.1, -0.05) is 227 Å². The van der Waals surface area contributed by atoms with Crippen molar-refractivity contribution < 1.29 is 37.9 Å². The third kappa shape index (κ3) is 44.0. The molecule has 0 aliphatic heterocycles. The van der Waals surface area contributed by atoms with E-state index in [2.05, 4.69) is 32.2 Å². The number of hydrogen-bond acceptors (Lipinski definition) is 6. The number of carbonyl (C=O) groups is 2. The Balaban J connectivity index is 3.81. The maximum absolute atomic E-state index is 12.4. The van der Waals surface area contributed by atoms with Crippen molar-refractivity contribution >= 4 is 19.8 Å². The molecule has 0 aromatic heterocycles. The first-order valence-corrected chi connectivity index (χ1v) is 25.1. The number of esters is 2. The molecule has 0 fully saturated rings. The predicted molar refractivity (Wildman–Crippen MR) is 230 cm³/mol. The van der Waals surface area contributed by atoms with E-state index in [1.165, 1.54) is 173 Å². The third-order valence-electron chi connectivity index (χ3n) is 11.1. The van der Waals surface area contributed by atoms with Crippen LogP contribution in [0.1, 0.15) is 252 Å². The Labute approximate surface area is 340 Å². The molecule has 0 saturated heterocycles. The molecule has 0 amide bonds. The zero-order chi connectivity index (χ0) is 40.7. The molecule has 0 rings (SSSR count). The van der Waals surface area contributed by atoms with Gasteiger partial charge in [0.2, 0.25) is 0 Å². The fourth-order valence-corrected chi connectivity index (χ4v) is 7.54. The number of ether oxygens (including phenoxy) is 2. The lowest BCUT2D eigenvalue weighted by molar-refractivity contribution is -0.161. The molecule has 8 nitrogen and oxygen atoms in total. The van der Waals surface area contributed by atoms with Crippen molar-refractivity contribution in [1.29, 1.82) is 0 Å². The summed E-state index contributed by atoms with van der Waals surface area (Å²) in [5.74, 6) is 0.859. The van der Waals surface area contributed by atoms with Crippen molar-refractivity contribution in [1.82, 2.24) is 0 Å². The molecule has 9 heteroatoms. The molecule has 0 aromatic rings. The number of hydrogen-bond donors (Lipinski definition) is 2. The largest absolute Gasteiger partial charge is 0.469 e. The van der Waals surface area contributed by atoms with Crippen molar-refractivity contribution in [3.63, 3.8) is 0 Å². The summed E-state index contributed by atoms with van der Waals surface area (Å²) in [5.41, 5.74) is 0. The van der Waals surface area contributed by atoms with Crippen LogP contribution in [0, 0.1) is 11.8 Å². The molecule has 2 atom stereocenters.